The molecule has 2 rings (SSSR count). The minimum absolute atomic E-state index is 0.0639. The number of nitro benzene ring substituents is 1. The molecule has 1 N–H and O–H groups in total. The molecule has 7 heteroatoms. The monoisotopic (exact) mass is 276 g/mol. The number of nitro groups is 1. The standard InChI is InChI=1S/C10H10Cl2N2O3/c11-7-3-9(14(15)16)10(4-8(7)12)17-6-1-2-13-5-6/h3-4,6,13H,1-2,5H2. The van der Waals surface area contributed by atoms with Gasteiger partial charge in [-0.25, -0.2) is 0 Å². The van der Waals surface area contributed by atoms with Gasteiger partial charge in [0.2, 0.25) is 0 Å². The third-order valence-corrected chi connectivity index (χ3v) is 3.23. The maximum atomic E-state index is 10.9. The smallest absolute Gasteiger partial charge is 0.312 e. The summed E-state index contributed by atoms with van der Waals surface area (Å²) in [6, 6.07) is 2.60. The first-order chi connectivity index (χ1) is 8.08. The molecule has 1 aliphatic rings. The van der Waals surface area contributed by atoms with E-state index in [4.69, 9.17) is 27.9 Å². The number of hydrogen-bond donors (Lipinski definition) is 1. The fourth-order valence-corrected chi connectivity index (χ4v) is 1.98. The second kappa shape index (κ2) is 5.08. The molecule has 1 aliphatic heterocycles. The number of halogens is 2. The Balaban J connectivity index is 2.29. The molecule has 1 atom stereocenters. The van der Waals surface area contributed by atoms with Gasteiger partial charge in [-0.15, -0.1) is 0 Å². The van der Waals surface area contributed by atoms with Crippen LogP contribution in [0.25, 0.3) is 0 Å². The molecule has 1 heterocycles. The zero-order chi connectivity index (χ0) is 12.4. The second-order valence-corrected chi connectivity index (χ2v) is 4.54. The summed E-state index contributed by atoms with van der Waals surface area (Å²) in [7, 11) is 0. The van der Waals surface area contributed by atoms with Gasteiger partial charge in [0.1, 0.15) is 6.10 Å². The molecule has 0 spiro atoms. The van der Waals surface area contributed by atoms with Crippen molar-refractivity contribution in [2.75, 3.05) is 13.1 Å². The van der Waals surface area contributed by atoms with Gasteiger partial charge in [0.15, 0.2) is 5.75 Å². The van der Waals surface area contributed by atoms with Gasteiger partial charge >= 0.3 is 5.69 Å². The highest BCUT2D eigenvalue weighted by atomic mass is 35.5. The summed E-state index contributed by atoms with van der Waals surface area (Å²) < 4.78 is 5.56. The number of hydrogen-bond acceptors (Lipinski definition) is 4. The number of nitrogens with one attached hydrogen (secondary N) is 1. The first-order valence-electron chi connectivity index (χ1n) is 5.08. The molecule has 0 aromatic heterocycles. The molecule has 0 amide bonds. The summed E-state index contributed by atoms with van der Waals surface area (Å²) in [4.78, 5) is 10.3. The lowest BCUT2D eigenvalue weighted by molar-refractivity contribution is -0.386. The Morgan fingerprint density at radius 3 is 2.71 bits per heavy atom. The Bertz CT molecular complexity index is 447. The number of rotatable bonds is 3. The van der Waals surface area contributed by atoms with Gasteiger partial charge in [0.05, 0.1) is 15.0 Å². The molecule has 1 saturated heterocycles. The van der Waals surface area contributed by atoms with Crippen molar-refractivity contribution in [1.29, 1.82) is 0 Å². The van der Waals surface area contributed by atoms with E-state index in [0.717, 1.165) is 13.0 Å². The number of benzene rings is 1. The van der Waals surface area contributed by atoms with Crippen LogP contribution < -0.4 is 10.1 Å². The van der Waals surface area contributed by atoms with Crippen LogP contribution in [0.15, 0.2) is 12.1 Å². The quantitative estimate of drug-likeness (QED) is 0.681. The molecular weight excluding hydrogens is 267 g/mol. The minimum Gasteiger partial charge on any atom is -0.482 e. The number of ether oxygens (including phenoxy) is 1. The number of nitrogens with zero attached hydrogens (tertiary/aromatic N) is 1. The predicted octanol–water partition coefficient (Wildman–Crippen LogP) is 2.64. The van der Waals surface area contributed by atoms with Crippen LogP contribution in [0.3, 0.4) is 0 Å². The van der Waals surface area contributed by atoms with Crippen molar-refractivity contribution in [2.24, 2.45) is 0 Å². The average Bonchev–Trinajstić information content (AvgIpc) is 2.75. The van der Waals surface area contributed by atoms with E-state index in [-0.39, 0.29) is 27.6 Å². The molecule has 17 heavy (non-hydrogen) atoms. The van der Waals surface area contributed by atoms with Gasteiger partial charge in [-0.2, -0.15) is 0 Å². The van der Waals surface area contributed by atoms with E-state index in [1.165, 1.54) is 12.1 Å². The Labute approximate surface area is 108 Å². The Morgan fingerprint density at radius 1 is 1.41 bits per heavy atom. The van der Waals surface area contributed by atoms with E-state index in [9.17, 15) is 10.1 Å². The highest BCUT2D eigenvalue weighted by molar-refractivity contribution is 6.42. The lowest BCUT2D eigenvalue weighted by Crippen LogP contribution is -2.20. The summed E-state index contributed by atoms with van der Waals surface area (Å²) in [6.45, 7) is 1.52. The van der Waals surface area contributed by atoms with E-state index in [1.807, 2.05) is 0 Å². The van der Waals surface area contributed by atoms with Gasteiger partial charge in [-0.05, 0) is 13.0 Å². The van der Waals surface area contributed by atoms with Crippen molar-refractivity contribution in [3.8, 4) is 5.75 Å². The van der Waals surface area contributed by atoms with Crippen molar-refractivity contribution in [3.63, 3.8) is 0 Å². The van der Waals surface area contributed by atoms with E-state index < -0.39 is 4.92 Å². The summed E-state index contributed by atoms with van der Waals surface area (Å²) in [5.41, 5.74) is -0.161. The van der Waals surface area contributed by atoms with Gasteiger partial charge < -0.3 is 10.1 Å². The van der Waals surface area contributed by atoms with E-state index in [1.54, 1.807) is 0 Å². The SMILES string of the molecule is O=[N+]([O-])c1cc(Cl)c(Cl)cc1OC1CCNC1. The van der Waals surface area contributed by atoms with Crippen molar-refractivity contribution in [1.82, 2.24) is 5.32 Å². The maximum Gasteiger partial charge on any atom is 0.312 e. The van der Waals surface area contributed by atoms with Crippen molar-refractivity contribution < 1.29 is 9.66 Å². The molecule has 0 bridgehead atoms. The Kier molecular flexibility index (Phi) is 3.71. The molecule has 0 saturated carbocycles. The van der Waals surface area contributed by atoms with Crippen molar-refractivity contribution >= 4 is 28.9 Å². The molecule has 1 aromatic carbocycles. The summed E-state index contributed by atoms with van der Waals surface area (Å²) >= 11 is 11.6. The normalized spacial score (nSPS) is 19.3. The molecule has 0 aliphatic carbocycles. The summed E-state index contributed by atoms with van der Waals surface area (Å²) in [5.74, 6) is 0.165. The Hall–Kier alpha value is -1.04. The minimum atomic E-state index is -0.528. The molecule has 5 nitrogen and oxygen atoms in total. The largest absolute Gasteiger partial charge is 0.482 e. The molecule has 1 fully saturated rings. The second-order valence-electron chi connectivity index (χ2n) is 3.72. The first-order valence-corrected chi connectivity index (χ1v) is 5.84. The fraction of sp³-hybridized carbons (Fsp3) is 0.400. The highest BCUT2D eigenvalue weighted by Gasteiger charge is 2.23. The lowest BCUT2D eigenvalue weighted by atomic mass is 10.2. The molecule has 0 radical (unpaired) electrons. The van der Waals surface area contributed by atoms with Gasteiger partial charge in [0, 0.05) is 18.7 Å². The fourth-order valence-electron chi connectivity index (χ4n) is 1.66. The third-order valence-electron chi connectivity index (χ3n) is 2.51. The first kappa shape index (κ1) is 12.4. The summed E-state index contributed by atoms with van der Waals surface area (Å²) in [5, 5.41) is 14.4. The van der Waals surface area contributed by atoms with E-state index in [2.05, 4.69) is 5.32 Å². The Morgan fingerprint density at radius 2 is 2.12 bits per heavy atom. The maximum absolute atomic E-state index is 10.9. The van der Waals surface area contributed by atoms with E-state index in [0.29, 0.717) is 6.54 Å². The van der Waals surface area contributed by atoms with Crippen molar-refractivity contribution in [3.05, 3.63) is 32.3 Å². The van der Waals surface area contributed by atoms with Crippen LogP contribution in [0.1, 0.15) is 6.42 Å². The molecule has 92 valence electrons. The highest BCUT2D eigenvalue weighted by Crippen LogP contribution is 2.36. The molecular formula is C10H10Cl2N2O3. The molecule has 1 aromatic rings. The van der Waals surface area contributed by atoms with Crippen LogP contribution in [0.2, 0.25) is 10.0 Å². The van der Waals surface area contributed by atoms with Gasteiger partial charge in [-0.3, -0.25) is 10.1 Å². The molecule has 1 unspecified atom stereocenters. The average molecular weight is 277 g/mol. The van der Waals surface area contributed by atoms with Crippen LogP contribution in [0.5, 0.6) is 5.75 Å². The van der Waals surface area contributed by atoms with Crippen molar-refractivity contribution in [2.45, 2.75) is 12.5 Å². The van der Waals surface area contributed by atoms with Gasteiger partial charge in [0.25, 0.3) is 0 Å². The third kappa shape index (κ3) is 2.80. The van der Waals surface area contributed by atoms with Crippen LogP contribution in [-0.2, 0) is 0 Å². The van der Waals surface area contributed by atoms with Gasteiger partial charge in [-0.1, -0.05) is 23.2 Å². The van der Waals surface area contributed by atoms with Crippen LogP contribution in [0, 0.1) is 10.1 Å². The zero-order valence-corrected chi connectivity index (χ0v) is 10.3. The van der Waals surface area contributed by atoms with Crippen LogP contribution in [0.4, 0.5) is 5.69 Å². The topological polar surface area (TPSA) is 64.4 Å². The lowest BCUT2D eigenvalue weighted by Gasteiger charge is -2.13. The zero-order valence-electron chi connectivity index (χ0n) is 8.78. The van der Waals surface area contributed by atoms with Crippen LogP contribution >= 0.6 is 23.2 Å². The predicted molar refractivity (Wildman–Crippen MR) is 65.0 cm³/mol. The summed E-state index contributed by atoms with van der Waals surface area (Å²) in [6.07, 6.45) is 0.753. The van der Waals surface area contributed by atoms with Crippen LogP contribution in [-0.4, -0.2) is 24.1 Å². The van der Waals surface area contributed by atoms with E-state index >= 15 is 0 Å².